The van der Waals surface area contributed by atoms with Gasteiger partial charge in [-0.1, -0.05) is 48.5 Å². The fourth-order valence-corrected chi connectivity index (χ4v) is 4.85. The molecule has 8 nitrogen and oxygen atoms in total. The molecule has 0 N–H and O–H groups in total. The Kier molecular flexibility index (Phi) is 7.21. The summed E-state index contributed by atoms with van der Waals surface area (Å²) < 4.78 is 148. The number of alkyl halides is 6. The predicted octanol–water partition coefficient (Wildman–Crippen LogP) is 6.13. The molecule has 0 atom stereocenters. The fraction of sp³-hybridized carbons (Fsp3) is 0.167. The number of ether oxygens (including phenoxy) is 2. The largest absolute Gasteiger partial charge is 0.534 e. The molecule has 0 aliphatic heterocycles. The Hall–Kier alpha value is -3.92. The van der Waals surface area contributed by atoms with Crippen LogP contribution in [0.1, 0.15) is 0 Å². The zero-order valence-corrected chi connectivity index (χ0v) is 21.8. The van der Waals surface area contributed by atoms with Gasteiger partial charge < -0.3 is 17.8 Å². The van der Waals surface area contributed by atoms with Gasteiger partial charge in [0.1, 0.15) is 11.5 Å². The fourth-order valence-electron chi connectivity index (χ4n) is 3.86. The molecule has 16 heteroatoms. The highest BCUT2D eigenvalue weighted by atomic mass is 32.2. The highest BCUT2D eigenvalue weighted by Gasteiger charge is 2.50. The van der Waals surface area contributed by atoms with E-state index in [0.29, 0.717) is 0 Å². The second-order valence-electron chi connectivity index (χ2n) is 7.97. The van der Waals surface area contributed by atoms with Gasteiger partial charge in [-0.05, 0) is 12.1 Å². The molecule has 4 aromatic carbocycles. The molecular formula is C24H16F6O8S2. The van der Waals surface area contributed by atoms with Crippen molar-refractivity contribution in [3.8, 4) is 34.1 Å². The second-order valence-corrected chi connectivity index (χ2v) is 11.0. The van der Waals surface area contributed by atoms with Crippen LogP contribution >= 0.6 is 0 Å². The van der Waals surface area contributed by atoms with Gasteiger partial charge in [-0.3, -0.25) is 0 Å². The van der Waals surface area contributed by atoms with Gasteiger partial charge in [-0.2, -0.15) is 43.2 Å². The topological polar surface area (TPSA) is 105 Å². The molecule has 0 aliphatic carbocycles. The van der Waals surface area contributed by atoms with Crippen LogP contribution in [0.2, 0.25) is 0 Å². The Balaban J connectivity index is 2.21. The van der Waals surface area contributed by atoms with Crippen LogP contribution in [0.3, 0.4) is 0 Å². The van der Waals surface area contributed by atoms with Gasteiger partial charge in [-0.25, -0.2) is 0 Å². The van der Waals surface area contributed by atoms with E-state index in [4.69, 9.17) is 9.47 Å². The molecule has 0 radical (unpaired) electrons. The van der Waals surface area contributed by atoms with E-state index in [9.17, 15) is 43.2 Å². The standard InChI is InChI=1S/C24H16F6O8S2/c1-35-19-11-17(21(15-9-5-3-7-13(15)19)37-39(31,32)23(25,26)27)18-12-20(36-2)14-8-4-6-10-16(14)22(18)38-40(33,34)24(28,29)30/h3-12H,1-2H3. The highest BCUT2D eigenvalue weighted by Crippen LogP contribution is 2.50. The molecule has 4 aromatic rings. The smallest absolute Gasteiger partial charge is 0.496 e. The summed E-state index contributed by atoms with van der Waals surface area (Å²) >= 11 is 0. The quantitative estimate of drug-likeness (QED) is 0.140. The molecule has 0 heterocycles. The third-order valence-corrected chi connectivity index (χ3v) is 7.50. The third kappa shape index (κ3) is 5.03. The van der Waals surface area contributed by atoms with Crippen LogP contribution in [0.15, 0.2) is 60.7 Å². The van der Waals surface area contributed by atoms with E-state index in [-0.39, 0.29) is 33.0 Å². The van der Waals surface area contributed by atoms with Gasteiger partial charge in [0.2, 0.25) is 0 Å². The number of hydrogen-bond acceptors (Lipinski definition) is 8. The molecule has 0 bridgehead atoms. The maximum Gasteiger partial charge on any atom is 0.534 e. The third-order valence-electron chi connectivity index (χ3n) is 5.60. The average molecular weight is 611 g/mol. The Labute approximate surface area is 222 Å². The van der Waals surface area contributed by atoms with E-state index < -0.39 is 53.9 Å². The van der Waals surface area contributed by atoms with Crippen LogP contribution in [0.4, 0.5) is 26.3 Å². The first kappa shape index (κ1) is 29.1. The lowest BCUT2D eigenvalue weighted by Gasteiger charge is -2.21. The van der Waals surface area contributed by atoms with E-state index in [1.54, 1.807) is 0 Å². The molecule has 40 heavy (non-hydrogen) atoms. The highest BCUT2D eigenvalue weighted by molar-refractivity contribution is 7.88. The van der Waals surface area contributed by atoms with Crippen molar-refractivity contribution < 1.29 is 61.0 Å². The van der Waals surface area contributed by atoms with Crippen molar-refractivity contribution in [1.29, 1.82) is 0 Å². The van der Waals surface area contributed by atoms with Crippen molar-refractivity contribution in [3.05, 3.63) is 60.7 Å². The summed E-state index contributed by atoms with van der Waals surface area (Å²) in [7, 11) is -10.3. The predicted molar refractivity (Wildman–Crippen MR) is 131 cm³/mol. The van der Waals surface area contributed by atoms with Crippen LogP contribution in [-0.4, -0.2) is 42.1 Å². The molecule has 214 valence electrons. The number of rotatable bonds is 7. The summed E-state index contributed by atoms with van der Waals surface area (Å²) in [5.74, 6) is -2.11. The van der Waals surface area contributed by atoms with Crippen LogP contribution in [0, 0.1) is 0 Å². The van der Waals surface area contributed by atoms with E-state index in [1.807, 2.05) is 0 Å². The second kappa shape index (κ2) is 9.92. The molecule has 0 aromatic heterocycles. The summed E-state index contributed by atoms with van der Waals surface area (Å²) in [5, 5.41) is -0.388. The lowest BCUT2D eigenvalue weighted by molar-refractivity contribution is -0.0504. The maximum atomic E-state index is 13.4. The normalized spacial score (nSPS) is 12.9. The lowest BCUT2D eigenvalue weighted by atomic mass is 9.95. The van der Waals surface area contributed by atoms with E-state index in [2.05, 4.69) is 8.37 Å². The SMILES string of the molecule is COc1cc(-c2cc(OC)c3ccccc3c2OS(=O)(=O)C(F)(F)F)c(OS(=O)(=O)C(F)(F)F)c2ccccc12. The van der Waals surface area contributed by atoms with Gasteiger partial charge in [0, 0.05) is 32.7 Å². The number of methoxy groups -OCH3 is 2. The molecule has 0 unspecified atom stereocenters. The zero-order chi connectivity index (χ0) is 29.7. The minimum Gasteiger partial charge on any atom is -0.496 e. The van der Waals surface area contributed by atoms with Gasteiger partial charge >= 0.3 is 31.3 Å². The summed E-state index contributed by atoms with van der Waals surface area (Å²) in [5.41, 5.74) is -13.0. The molecule has 0 saturated carbocycles. The summed E-state index contributed by atoms with van der Waals surface area (Å²) in [4.78, 5) is 0. The molecule has 4 rings (SSSR count). The van der Waals surface area contributed by atoms with Crippen molar-refractivity contribution in [1.82, 2.24) is 0 Å². The van der Waals surface area contributed by atoms with Crippen molar-refractivity contribution in [2.24, 2.45) is 0 Å². The minimum atomic E-state index is -6.33. The molecule has 0 spiro atoms. The first-order valence-electron chi connectivity index (χ1n) is 10.7. The first-order valence-corrected chi connectivity index (χ1v) is 13.6. The molecule has 0 aliphatic rings. The number of halogens is 6. The van der Waals surface area contributed by atoms with Gasteiger partial charge in [-0.15, -0.1) is 0 Å². The number of fused-ring (bicyclic) bond motifs is 2. The molecule has 0 fully saturated rings. The van der Waals surface area contributed by atoms with Crippen LogP contribution in [-0.2, 0) is 20.2 Å². The van der Waals surface area contributed by atoms with Crippen LogP contribution < -0.4 is 17.8 Å². The van der Waals surface area contributed by atoms with Crippen molar-refractivity contribution in [2.45, 2.75) is 11.0 Å². The van der Waals surface area contributed by atoms with Crippen LogP contribution in [0.25, 0.3) is 32.7 Å². The van der Waals surface area contributed by atoms with Crippen molar-refractivity contribution >= 4 is 41.8 Å². The van der Waals surface area contributed by atoms with Gasteiger partial charge in [0.15, 0.2) is 11.5 Å². The Morgan fingerprint density at radius 1 is 0.550 bits per heavy atom. The van der Waals surface area contributed by atoms with E-state index >= 15 is 0 Å². The summed E-state index contributed by atoms with van der Waals surface area (Å²) in [6.07, 6.45) is 0. The maximum absolute atomic E-state index is 13.4. The van der Waals surface area contributed by atoms with Crippen molar-refractivity contribution in [2.75, 3.05) is 14.2 Å². The first-order chi connectivity index (χ1) is 18.5. The monoisotopic (exact) mass is 610 g/mol. The summed E-state index contributed by atoms with van der Waals surface area (Å²) in [6, 6.07) is 12.6. The van der Waals surface area contributed by atoms with E-state index in [1.165, 1.54) is 62.8 Å². The zero-order valence-electron chi connectivity index (χ0n) is 20.1. The number of hydrogen-bond donors (Lipinski definition) is 0. The molecular weight excluding hydrogens is 594 g/mol. The Bertz CT molecular complexity index is 1700. The van der Waals surface area contributed by atoms with Gasteiger partial charge in [0.05, 0.1) is 14.2 Å². The average Bonchev–Trinajstić information content (AvgIpc) is 2.87. The summed E-state index contributed by atoms with van der Waals surface area (Å²) in [6.45, 7) is 0. The Morgan fingerprint density at radius 3 is 1.12 bits per heavy atom. The van der Waals surface area contributed by atoms with Gasteiger partial charge in [0.25, 0.3) is 0 Å². The molecule has 0 amide bonds. The number of benzene rings is 4. The Morgan fingerprint density at radius 2 is 0.850 bits per heavy atom. The van der Waals surface area contributed by atoms with E-state index in [0.717, 1.165) is 12.1 Å². The minimum absolute atomic E-state index is 0.0688. The van der Waals surface area contributed by atoms with Crippen molar-refractivity contribution in [3.63, 3.8) is 0 Å². The molecule has 0 saturated heterocycles. The lowest BCUT2D eigenvalue weighted by Crippen LogP contribution is -2.29. The van der Waals surface area contributed by atoms with Crippen LogP contribution in [0.5, 0.6) is 23.0 Å².